The van der Waals surface area contributed by atoms with Crippen molar-refractivity contribution >= 4 is 21.5 Å². The molecule has 1 unspecified atom stereocenters. The van der Waals surface area contributed by atoms with E-state index in [0.29, 0.717) is 24.3 Å². The first-order chi connectivity index (χ1) is 12.6. The lowest BCUT2D eigenvalue weighted by molar-refractivity contribution is 0.577. The normalized spacial score (nSPS) is 20.3. The number of hydrogen-bond acceptors (Lipinski definition) is 5. The van der Waals surface area contributed by atoms with E-state index < -0.39 is 10.0 Å². The molecule has 2 fully saturated rings. The van der Waals surface area contributed by atoms with E-state index in [-0.39, 0.29) is 4.90 Å². The Kier molecular flexibility index (Phi) is 4.82. The molecule has 1 atom stereocenters. The summed E-state index contributed by atoms with van der Waals surface area (Å²) in [6.45, 7) is 2.44. The van der Waals surface area contributed by atoms with Crippen molar-refractivity contribution < 1.29 is 8.42 Å². The minimum absolute atomic E-state index is 0.223. The number of anilines is 2. The zero-order valence-corrected chi connectivity index (χ0v) is 15.5. The fraction of sp³-hybridized carbons (Fsp3) is 0.421. The number of benzene rings is 1. The molecule has 1 saturated heterocycles. The molecule has 2 heterocycles. The van der Waals surface area contributed by atoms with Crippen LogP contribution in [0.3, 0.4) is 0 Å². The van der Waals surface area contributed by atoms with Gasteiger partial charge in [0.1, 0.15) is 10.7 Å². The Labute approximate surface area is 154 Å². The molecular weight excluding hydrogens is 348 g/mol. The highest BCUT2D eigenvalue weighted by Gasteiger charge is 2.25. The van der Waals surface area contributed by atoms with Crippen LogP contribution in [-0.4, -0.2) is 39.1 Å². The van der Waals surface area contributed by atoms with Crippen molar-refractivity contribution in [3.63, 3.8) is 0 Å². The minimum Gasteiger partial charge on any atom is -0.369 e. The minimum atomic E-state index is -3.45. The number of nitrogens with one attached hydrogen (secondary N) is 2. The Balaban J connectivity index is 1.34. The lowest BCUT2D eigenvalue weighted by atomic mass is 10.2. The first kappa shape index (κ1) is 17.3. The number of para-hydroxylation sites is 1. The second-order valence-corrected chi connectivity index (χ2v) is 8.85. The molecule has 2 N–H and O–H groups in total. The van der Waals surface area contributed by atoms with Crippen molar-refractivity contribution in [1.82, 2.24) is 9.71 Å². The summed E-state index contributed by atoms with van der Waals surface area (Å²) < 4.78 is 27.1. The summed E-state index contributed by atoms with van der Waals surface area (Å²) in [5.41, 5.74) is 1.23. The molecule has 138 valence electrons. The van der Waals surface area contributed by atoms with Crippen LogP contribution in [0.25, 0.3) is 0 Å². The van der Waals surface area contributed by atoms with Crippen LogP contribution in [0.1, 0.15) is 19.3 Å². The van der Waals surface area contributed by atoms with Crippen LogP contribution in [0.15, 0.2) is 53.6 Å². The van der Waals surface area contributed by atoms with Crippen molar-refractivity contribution in [1.29, 1.82) is 0 Å². The van der Waals surface area contributed by atoms with Crippen LogP contribution in [0.4, 0.5) is 11.5 Å². The summed E-state index contributed by atoms with van der Waals surface area (Å²) in [4.78, 5) is 6.87. The van der Waals surface area contributed by atoms with Gasteiger partial charge in [0, 0.05) is 37.6 Å². The summed E-state index contributed by atoms with van der Waals surface area (Å²) >= 11 is 0. The monoisotopic (exact) mass is 372 g/mol. The third-order valence-corrected chi connectivity index (χ3v) is 6.38. The lowest BCUT2D eigenvalue weighted by Gasteiger charge is -2.19. The number of hydrogen-bond donors (Lipinski definition) is 2. The van der Waals surface area contributed by atoms with E-state index in [0.717, 1.165) is 32.4 Å². The van der Waals surface area contributed by atoms with Crippen molar-refractivity contribution in [3.8, 4) is 0 Å². The smallest absolute Gasteiger partial charge is 0.242 e. The van der Waals surface area contributed by atoms with Crippen molar-refractivity contribution in [3.05, 3.63) is 48.7 Å². The van der Waals surface area contributed by atoms with Crippen LogP contribution in [0.5, 0.6) is 0 Å². The molecule has 0 radical (unpaired) electrons. The van der Waals surface area contributed by atoms with E-state index in [1.165, 1.54) is 11.9 Å². The first-order valence-corrected chi connectivity index (χ1v) is 10.6. The molecule has 0 bridgehead atoms. The predicted octanol–water partition coefficient (Wildman–Crippen LogP) is 2.46. The molecule has 7 heteroatoms. The maximum absolute atomic E-state index is 12.2. The fourth-order valence-corrected chi connectivity index (χ4v) is 4.28. The quantitative estimate of drug-likeness (QED) is 0.781. The molecular formula is C19H24N4O2S. The van der Waals surface area contributed by atoms with Crippen LogP contribution in [0.2, 0.25) is 0 Å². The number of nitrogens with zero attached hydrogens (tertiary/aromatic N) is 2. The Morgan fingerprint density at radius 2 is 1.88 bits per heavy atom. The van der Waals surface area contributed by atoms with Gasteiger partial charge in [-0.1, -0.05) is 18.2 Å². The topological polar surface area (TPSA) is 74.3 Å². The molecule has 0 spiro atoms. The van der Waals surface area contributed by atoms with Crippen LogP contribution in [0, 0.1) is 5.92 Å². The van der Waals surface area contributed by atoms with Gasteiger partial charge in [-0.05, 0) is 49.4 Å². The third kappa shape index (κ3) is 4.16. The molecule has 1 aromatic heterocycles. The van der Waals surface area contributed by atoms with Gasteiger partial charge in [0.05, 0.1) is 0 Å². The zero-order valence-electron chi connectivity index (χ0n) is 14.6. The van der Waals surface area contributed by atoms with Gasteiger partial charge < -0.3 is 10.2 Å². The second kappa shape index (κ2) is 7.25. The summed E-state index contributed by atoms with van der Waals surface area (Å²) in [6.07, 6.45) is 4.69. The van der Waals surface area contributed by atoms with E-state index in [1.807, 2.05) is 18.2 Å². The lowest BCUT2D eigenvalue weighted by Crippen LogP contribution is -2.27. The van der Waals surface area contributed by atoms with Crippen molar-refractivity contribution in [2.45, 2.75) is 30.2 Å². The van der Waals surface area contributed by atoms with Gasteiger partial charge in [0.15, 0.2) is 0 Å². The zero-order chi connectivity index (χ0) is 18.0. The van der Waals surface area contributed by atoms with Gasteiger partial charge >= 0.3 is 0 Å². The second-order valence-electron chi connectivity index (χ2n) is 7.09. The average Bonchev–Trinajstić information content (AvgIpc) is 3.39. The van der Waals surface area contributed by atoms with Gasteiger partial charge in [-0.3, -0.25) is 0 Å². The highest BCUT2D eigenvalue weighted by molar-refractivity contribution is 7.89. The molecule has 2 aliphatic rings. The van der Waals surface area contributed by atoms with Gasteiger partial charge in [-0.2, -0.15) is 0 Å². The van der Waals surface area contributed by atoms with Crippen LogP contribution < -0.4 is 14.9 Å². The van der Waals surface area contributed by atoms with Gasteiger partial charge in [0.25, 0.3) is 0 Å². The summed E-state index contributed by atoms with van der Waals surface area (Å²) in [5, 5.41) is 3.41. The third-order valence-electron chi connectivity index (χ3n) is 4.97. The fourth-order valence-electron chi connectivity index (χ4n) is 3.22. The SMILES string of the molecule is O=S(=O)(NCC1CC1)c1ccc(NC2CCN(c3ccccc3)C2)nc1. The number of aromatic nitrogens is 1. The molecule has 6 nitrogen and oxygen atoms in total. The van der Waals surface area contributed by atoms with Gasteiger partial charge in [-0.15, -0.1) is 0 Å². The summed E-state index contributed by atoms with van der Waals surface area (Å²) in [7, 11) is -3.45. The van der Waals surface area contributed by atoms with E-state index in [9.17, 15) is 8.42 Å². The Morgan fingerprint density at radius 3 is 2.58 bits per heavy atom. The first-order valence-electron chi connectivity index (χ1n) is 9.12. The molecule has 1 saturated carbocycles. The van der Waals surface area contributed by atoms with Gasteiger partial charge in [-0.25, -0.2) is 18.1 Å². The Morgan fingerprint density at radius 1 is 1.08 bits per heavy atom. The van der Waals surface area contributed by atoms with Crippen LogP contribution in [-0.2, 0) is 10.0 Å². The van der Waals surface area contributed by atoms with E-state index >= 15 is 0 Å². The van der Waals surface area contributed by atoms with Crippen molar-refractivity contribution in [2.75, 3.05) is 29.9 Å². The number of sulfonamides is 1. The maximum Gasteiger partial charge on any atom is 0.242 e. The van der Waals surface area contributed by atoms with E-state index in [4.69, 9.17) is 0 Å². The summed E-state index contributed by atoms with van der Waals surface area (Å²) in [6, 6.07) is 14.0. The molecule has 4 rings (SSSR count). The molecule has 2 aromatic rings. The largest absolute Gasteiger partial charge is 0.369 e. The average molecular weight is 372 g/mol. The van der Waals surface area contributed by atoms with E-state index in [1.54, 1.807) is 12.1 Å². The van der Waals surface area contributed by atoms with Crippen LogP contribution >= 0.6 is 0 Å². The van der Waals surface area contributed by atoms with Gasteiger partial charge in [0.2, 0.25) is 10.0 Å². The summed E-state index contributed by atoms with van der Waals surface area (Å²) in [5.74, 6) is 1.22. The number of pyridine rings is 1. The Hall–Kier alpha value is -2.12. The maximum atomic E-state index is 12.2. The van der Waals surface area contributed by atoms with E-state index in [2.05, 4.69) is 32.1 Å². The predicted molar refractivity (Wildman–Crippen MR) is 103 cm³/mol. The molecule has 1 aromatic carbocycles. The molecule has 0 amide bonds. The number of rotatable bonds is 7. The van der Waals surface area contributed by atoms with Crippen molar-refractivity contribution in [2.24, 2.45) is 5.92 Å². The highest BCUT2D eigenvalue weighted by atomic mass is 32.2. The molecule has 1 aliphatic carbocycles. The standard InChI is InChI=1S/C19H24N4O2S/c24-26(25,21-12-15-6-7-15)18-8-9-19(20-13-18)22-16-10-11-23(14-16)17-4-2-1-3-5-17/h1-5,8-9,13,15-16,21H,6-7,10-12,14H2,(H,20,22). The highest BCUT2D eigenvalue weighted by Crippen LogP contribution is 2.28. The molecule has 1 aliphatic heterocycles. The Bertz CT molecular complexity index is 836. The molecule has 26 heavy (non-hydrogen) atoms.